The van der Waals surface area contributed by atoms with Gasteiger partial charge in [-0.05, 0) is 58.0 Å². The van der Waals surface area contributed by atoms with E-state index in [9.17, 15) is 4.79 Å². The molecule has 1 aliphatic heterocycles. The summed E-state index contributed by atoms with van der Waals surface area (Å²) >= 11 is 5.46. The van der Waals surface area contributed by atoms with Crippen LogP contribution in [0.4, 0.5) is 11.4 Å². The highest BCUT2D eigenvalue weighted by molar-refractivity contribution is 7.80. The van der Waals surface area contributed by atoms with E-state index in [4.69, 9.17) is 26.4 Å². The van der Waals surface area contributed by atoms with Crippen molar-refractivity contribution in [3.05, 3.63) is 47.5 Å². The van der Waals surface area contributed by atoms with Gasteiger partial charge in [-0.1, -0.05) is 17.7 Å². The minimum atomic E-state index is -0.220. The molecular weight excluding hydrogens is 426 g/mol. The third-order valence-electron chi connectivity index (χ3n) is 5.01. The molecule has 1 amide bonds. The van der Waals surface area contributed by atoms with Gasteiger partial charge < -0.3 is 30.2 Å². The van der Waals surface area contributed by atoms with Gasteiger partial charge in [0.1, 0.15) is 11.5 Å². The minimum absolute atomic E-state index is 0.180. The van der Waals surface area contributed by atoms with Crippen LogP contribution < -0.4 is 25.4 Å². The van der Waals surface area contributed by atoms with Crippen LogP contribution in [0.5, 0.6) is 11.5 Å². The van der Waals surface area contributed by atoms with Gasteiger partial charge in [0.25, 0.3) is 5.91 Å². The Morgan fingerprint density at radius 1 is 1.06 bits per heavy atom. The predicted octanol–water partition coefficient (Wildman–Crippen LogP) is 4.51. The van der Waals surface area contributed by atoms with Gasteiger partial charge in [0.05, 0.1) is 30.7 Å². The number of carbonyl (C=O) groups is 1. The van der Waals surface area contributed by atoms with Crippen LogP contribution in [0.3, 0.4) is 0 Å². The summed E-state index contributed by atoms with van der Waals surface area (Å²) in [4.78, 5) is 12.8. The average Bonchev–Trinajstić information content (AvgIpc) is 3.29. The molecule has 1 heterocycles. The van der Waals surface area contributed by atoms with Gasteiger partial charge in [0.2, 0.25) is 0 Å². The third-order valence-corrected chi connectivity index (χ3v) is 5.25. The van der Waals surface area contributed by atoms with Gasteiger partial charge in [-0.25, -0.2) is 0 Å². The largest absolute Gasteiger partial charge is 0.492 e. The summed E-state index contributed by atoms with van der Waals surface area (Å²) in [7, 11) is 0. The van der Waals surface area contributed by atoms with E-state index in [0.29, 0.717) is 53.3 Å². The van der Waals surface area contributed by atoms with E-state index in [-0.39, 0.29) is 12.0 Å². The normalized spacial score (nSPS) is 15.2. The molecule has 1 saturated heterocycles. The molecule has 32 heavy (non-hydrogen) atoms. The molecular formula is C24H31N3O4S. The zero-order chi connectivity index (χ0) is 22.9. The lowest BCUT2D eigenvalue weighted by Crippen LogP contribution is -2.34. The zero-order valence-electron chi connectivity index (χ0n) is 18.8. The molecule has 2 aromatic carbocycles. The van der Waals surface area contributed by atoms with Crippen molar-refractivity contribution in [2.24, 2.45) is 0 Å². The van der Waals surface area contributed by atoms with Crippen LogP contribution in [0.2, 0.25) is 0 Å². The SMILES string of the molecule is CCOc1cc(NC(=S)NCC2CCCO2)c(OCC)cc1NC(=O)c1ccc(C)cc1. The van der Waals surface area contributed by atoms with Gasteiger partial charge in [-0.3, -0.25) is 4.79 Å². The number of anilines is 2. The van der Waals surface area contributed by atoms with Crippen molar-refractivity contribution in [1.82, 2.24) is 5.32 Å². The van der Waals surface area contributed by atoms with E-state index in [2.05, 4.69) is 16.0 Å². The first-order chi connectivity index (χ1) is 15.5. The fraction of sp³-hybridized carbons (Fsp3) is 0.417. The van der Waals surface area contributed by atoms with Crippen molar-refractivity contribution in [2.75, 3.05) is 37.0 Å². The Balaban J connectivity index is 1.78. The van der Waals surface area contributed by atoms with Crippen LogP contribution in [0, 0.1) is 6.92 Å². The predicted molar refractivity (Wildman–Crippen MR) is 131 cm³/mol. The maximum atomic E-state index is 12.8. The van der Waals surface area contributed by atoms with Gasteiger partial charge in [-0.2, -0.15) is 0 Å². The van der Waals surface area contributed by atoms with Crippen molar-refractivity contribution >= 4 is 34.6 Å². The molecule has 0 saturated carbocycles. The first kappa shape index (κ1) is 23.8. The minimum Gasteiger partial charge on any atom is -0.492 e. The highest BCUT2D eigenvalue weighted by Gasteiger charge is 2.18. The molecule has 7 nitrogen and oxygen atoms in total. The Bertz CT molecular complexity index is 928. The summed E-state index contributed by atoms with van der Waals surface area (Å²) in [5.41, 5.74) is 2.85. The van der Waals surface area contributed by atoms with Gasteiger partial charge in [-0.15, -0.1) is 0 Å². The van der Waals surface area contributed by atoms with Crippen molar-refractivity contribution in [3.8, 4) is 11.5 Å². The van der Waals surface area contributed by atoms with E-state index in [1.807, 2.05) is 32.9 Å². The second-order valence-corrected chi connectivity index (χ2v) is 7.91. The molecule has 0 aliphatic carbocycles. The van der Waals surface area contributed by atoms with Crippen molar-refractivity contribution in [2.45, 2.75) is 39.7 Å². The Labute approximate surface area is 194 Å². The monoisotopic (exact) mass is 457 g/mol. The molecule has 1 unspecified atom stereocenters. The molecule has 0 aromatic heterocycles. The average molecular weight is 458 g/mol. The van der Waals surface area contributed by atoms with Crippen LogP contribution in [0.25, 0.3) is 0 Å². The molecule has 3 rings (SSSR count). The summed E-state index contributed by atoms with van der Waals surface area (Å²) in [5.74, 6) is 0.875. The first-order valence-electron chi connectivity index (χ1n) is 11.0. The van der Waals surface area contributed by atoms with Crippen LogP contribution in [-0.2, 0) is 4.74 Å². The molecule has 0 radical (unpaired) electrons. The molecule has 172 valence electrons. The van der Waals surface area contributed by atoms with Crippen LogP contribution in [-0.4, -0.2) is 43.5 Å². The van der Waals surface area contributed by atoms with Crippen molar-refractivity contribution < 1.29 is 19.0 Å². The van der Waals surface area contributed by atoms with Gasteiger partial charge >= 0.3 is 0 Å². The second-order valence-electron chi connectivity index (χ2n) is 7.50. The van der Waals surface area contributed by atoms with E-state index >= 15 is 0 Å². The second kappa shape index (κ2) is 11.7. The Morgan fingerprint density at radius 3 is 2.25 bits per heavy atom. The maximum absolute atomic E-state index is 12.8. The quantitative estimate of drug-likeness (QED) is 0.478. The van der Waals surface area contributed by atoms with Crippen molar-refractivity contribution in [1.29, 1.82) is 0 Å². The number of rotatable bonds is 9. The first-order valence-corrected chi connectivity index (χ1v) is 11.4. The van der Waals surface area contributed by atoms with E-state index in [1.54, 1.807) is 24.3 Å². The van der Waals surface area contributed by atoms with E-state index in [1.165, 1.54) is 0 Å². The van der Waals surface area contributed by atoms with Gasteiger partial charge in [0.15, 0.2) is 5.11 Å². The third kappa shape index (κ3) is 6.58. The molecule has 1 atom stereocenters. The number of thiocarbonyl (C=S) groups is 1. The number of nitrogens with one attached hydrogen (secondary N) is 3. The van der Waals surface area contributed by atoms with Gasteiger partial charge in [0, 0.05) is 30.8 Å². The molecule has 3 N–H and O–H groups in total. The lowest BCUT2D eigenvalue weighted by atomic mass is 10.1. The number of carbonyl (C=O) groups excluding carboxylic acids is 1. The summed E-state index contributed by atoms with van der Waals surface area (Å²) in [5, 5.41) is 9.79. The fourth-order valence-electron chi connectivity index (χ4n) is 3.38. The fourth-order valence-corrected chi connectivity index (χ4v) is 3.58. The van der Waals surface area contributed by atoms with E-state index < -0.39 is 0 Å². The van der Waals surface area contributed by atoms with Crippen molar-refractivity contribution in [3.63, 3.8) is 0 Å². The Kier molecular flexibility index (Phi) is 8.70. The smallest absolute Gasteiger partial charge is 0.255 e. The number of benzene rings is 2. The summed E-state index contributed by atoms with van der Waals surface area (Å²) < 4.78 is 17.2. The number of aryl methyl sites for hydroxylation is 1. The molecule has 0 spiro atoms. The summed E-state index contributed by atoms with van der Waals surface area (Å²) in [6, 6.07) is 10.9. The zero-order valence-corrected chi connectivity index (χ0v) is 19.6. The molecule has 8 heteroatoms. The molecule has 1 aliphatic rings. The lowest BCUT2D eigenvalue weighted by molar-refractivity contribution is 0.102. The number of amides is 1. The standard InChI is InChI=1S/C24H31N3O4S/c1-4-29-21-14-20(27-24(32)25-15-18-7-6-12-31-18)22(30-5-2)13-19(21)26-23(28)17-10-8-16(3)9-11-17/h8-11,13-14,18H,4-7,12,15H2,1-3H3,(H,26,28)(H2,25,27,32). The molecule has 2 aromatic rings. The van der Waals surface area contributed by atoms with Crippen LogP contribution in [0.15, 0.2) is 36.4 Å². The number of ether oxygens (including phenoxy) is 3. The highest BCUT2D eigenvalue weighted by atomic mass is 32.1. The highest BCUT2D eigenvalue weighted by Crippen LogP contribution is 2.37. The summed E-state index contributed by atoms with van der Waals surface area (Å²) in [6.07, 6.45) is 2.29. The summed E-state index contributed by atoms with van der Waals surface area (Å²) in [6.45, 7) is 8.14. The molecule has 1 fully saturated rings. The van der Waals surface area contributed by atoms with Crippen LogP contribution in [0.1, 0.15) is 42.6 Å². The topological polar surface area (TPSA) is 80.8 Å². The Morgan fingerprint density at radius 2 is 1.69 bits per heavy atom. The van der Waals surface area contributed by atoms with E-state index in [0.717, 1.165) is 25.0 Å². The van der Waals surface area contributed by atoms with Crippen LogP contribution >= 0.6 is 12.2 Å². The lowest BCUT2D eigenvalue weighted by Gasteiger charge is -2.19. The maximum Gasteiger partial charge on any atom is 0.255 e. The molecule has 0 bridgehead atoms. The Hall–Kier alpha value is -2.84. The number of hydrogen-bond donors (Lipinski definition) is 3. The number of hydrogen-bond acceptors (Lipinski definition) is 5.